The first-order valence-corrected chi connectivity index (χ1v) is 7.02. The van der Waals surface area contributed by atoms with E-state index in [0.29, 0.717) is 6.54 Å². The molecular formula is C14H26N4O. The number of aromatic nitrogens is 2. The van der Waals surface area contributed by atoms with E-state index in [-0.39, 0.29) is 12.1 Å². The molecule has 0 spiro atoms. The Bertz CT molecular complexity index is 389. The minimum absolute atomic E-state index is 0.0205. The smallest absolute Gasteiger partial charge is 0.317 e. The van der Waals surface area contributed by atoms with Crippen LogP contribution in [0, 0.1) is 0 Å². The molecule has 19 heavy (non-hydrogen) atoms. The molecule has 0 aliphatic carbocycles. The number of unbranched alkanes of at least 4 members (excludes halogenated alkanes) is 2. The van der Waals surface area contributed by atoms with E-state index in [9.17, 15) is 4.79 Å². The fourth-order valence-corrected chi connectivity index (χ4v) is 1.99. The number of nitrogens with zero attached hydrogens (tertiary/aromatic N) is 3. The Morgan fingerprint density at radius 2 is 2.26 bits per heavy atom. The maximum absolute atomic E-state index is 12.0. The van der Waals surface area contributed by atoms with E-state index in [0.717, 1.165) is 12.0 Å². The van der Waals surface area contributed by atoms with Crippen molar-refractivity contribution in [3.05, 3.63) is 18.0 Å². The van der Waals surface area contributed by atoms with Crippen molar-refractivity contribution in [1.82, 2.24) is 20.0 Å². The van der Waals surface area contributed by atoms with Gasteiger partial charge in [-0.2, -0.15) is 5.10 Å². The molecule has 0 saturated carbocycles. The van der Waals surface area contributed by atoms with Crippen LogP contribution < -0.4 is 5.32 Å². The number of hydrogen-bond donors (Lipinski definition) is 1. The Morgan fingerprint density at radius 1 is 1.53 bits per heavy atom. The van der Waals surface area contributed by atoms with Gasteiger partial charge in [0.2, 0.25) is 0 Å². The molecule has 1 unspecified atom stereocenters. The molecule has 0 radical (unpaired) electrons. The van der Waals surface area contributed by atoms with Gasteiger partial charge in [0.05, 0.1) is 12.7 Å². The van der Waals surface area contributed by atoms with E-state index in [4.69, 9.17) is 0 Å². The number of rotatable bonds is 7. The van der Waals surface area contributed by atoms with E-state index < -0.39 is 0 Å². The molecule has 0 aromatic carbocycles. The average Bonchev–Trinajstić information content (AvgIpc) is 2.75. The van der Waals surface area contributed by atoms with Gasteiger partial charge in [0.15, 0.2) is 0 Å². The summed E-state index contributed by atoms with van der Waals surface area (Å²) in [5.74, 6) is 0. The van der Waals surface area contributed by atoms with E-state index in [2.05, 4.69) is 24.3 Å². The quantitative estimate of drug-likeness (QED) is 0.771. The van der Waals surface area contributed by atoms with Crippen LogP contribution >= 0.6 is 0 Å². The highest BCUT2D eigenvalue weighted by Crippen LogP contribution is 2.05. The molecule has 0 aliphatic rings. The fourth-order valence-electron chi connectivity index (χ4n) is 1.99. The van der Waals surface area contributed by atoms with Crippen molar-refractivity contribution in [3.8, 4) is 0 Å². The molecule has 1 aromatic heterocycles. The summed E-state index contributed by atoms with van der Waals surface area (Å²) in [5.41, 5.74) is 1.04. The van der Waals surface area contributed by atoms with Gasteiger partial charge < -0.3 is 10.2 Å². The molecule has 1 atom stereocenters. The zero-order chi connectivity index (χ0) is 14.3. The molecule has 1 rings (SSSR count). The highest BCUT2D eigenvalue weighted by Gasteiger charge is 2.12. The Hall–Kier alpha value is -1.52. The number of amides is 2. The number of carbonyl (C=O) groups excluding carboxylic acids is 1. The third-order valence-corrected chi connectivity index (χ3v) is 3.14. The lowest BCUT2D eigenvalue weighted by atomic mass is 10.1. The summed E-state index contributed by atoms with van der Waals surface area (Å²) in [6, 6.07) is 0.211. The van der Waals surface area contributed by atoms with Crippen LogP contribution in [0.5, 0.6) is 0 Å². The first-order valence-electron chi connectivity index (χ1n) is 7.02. The van der Waals surface area contributed by atoms with Crippen LogP contribution in [0.15, 0.2) is 12.4 Å². The summed E-state index contributed by atoms with van der Waals surface area (Å²) in [4.78, 5) is 13.7. The topological polar surface area (TPSA) is 50.2 Å². The minimum Gasteiger partial charge on any atom is -0.336 e. The lowest BCUT2D eigenvalue weighted by molar-refractivity contribution is 0.202. The summed E-state index contributed by atoms with van der Waals surface area (Å²) >= 11 is 0. The third-order valence-electron chi connectivity index (χ3n) is 3.14. The number of aryl methyl sites for hydroxylation is 1. The molecule has 1 aromatic rings. The van der Waals surface area contributed by atoms with Crippen LogP contribution in [0.25, 0.3) is 0 Å². The second-order valence-electron chi connectivity index (χ2n) is 5.22. The van der Waals surface area contributed by atoms with Crippen LogP contribution in [0.2, 0.25) is 0 Å². The molecule has 0 fully saturated rings. The number of hydrogen-bond acceptors (Lipinski definition) is 2. The van der Waals surface area contributed by atoms with Crippen molar-refractivity contribution in [3.63, 3.8) is 0 Å². The van der Waals surface area contributed by atoms with Crippen molar-refractivity contribution in [2.45, 2.75) is 52.1 Å². The van der Waals surface area contributed by atoms with Crippen LogP contribution in [0.1, 0.15) is 45.1 Å². The van der Waals surface area contributed by atoms with Gasteiger partial charge in [0.1, 0.15) is 0 Å². The van der Waals surface area contributed by atoms with E-state index >= 15 is 0 Å². The van der Waals surface area contributed by atoms with E-state index in [1.807, 2.05) is 13.2 Å². The maximum atomic E-state index is 12.0. The second kappa shape index (κ2) is 7.81. The van der Waals surface area contributed by atoms with E-state index in [1.54, 1.807) is 22.8 Å². The number of urea groups is 1. The van der Waals surface area contributed by atoms with Gasteiger partial charge in [0.25, 0.3) is 0 Å². The number of carbonyl (C=O) groups is 1. The Morgan fingerprint density at radius 3 is 2.84 bits per heavy atom. The van der Waals surface area contributed by atoms with Gasteiger partial charge in [0, 0.05) is 31.9 Å². The molecule has 5 nitrogen and oxygen atoms in total. The SMILES string of the molecule is CCCCCC(C)NC(=O)N(C)Cc1cnn(C)c1. The lowest BCUT2D eigenvalue weighted by Gasteiger charge is -2.20. The first-order chi connectivity index (χ1) is 9.02. The Balaban J connectivity index is 2.31. The lowest BCUT2D eigenvalue weighted by Crippen LogP contribution is -2.41. The highest BCUT2D eigenvalue weighted by atomic mass is 16.2. The monoisotopic (exact) mass is 266 g/mol. The van der Waals surface area contributed by atoms with Gasteiger partial charge in [-0.15, -0.1) is 0 Å². The van der Waals surface area contributed by atoms with Gasteiger partial charge in [-0.05, 0) is 13.3 Å². The molecule has 5 heteroatoms. The Kier molecular flexibility index (Phi) is 6.39. The summed E-state index contributed by atoms with van der Waals surface area (Å²) in [6.45, 7) is 4.83. The van der Waals surface area contributed by atoms with Crippen molar-refractivity contribution >= 4 is 6.03 Å². The van der Waals surface area contributed by atoms with Crippen molar-refractivity contribution in [1.29, 1.82) is 0 Å². The molecule has 1 heterocycles. The summed E-state index contributed by atoms with van der Waals surface area (Å²) in [6.07, 6.45) is 8.36. The van der Waals surface area contributed by atoms with Gasteiger partial charge in [-0.1, -0.05) is 26.2 Å². The zero-order valence-electron chi connectivity index (χ0n) is 12.5. The fraction of sp³-hybridized carbons (Fsp3) is 0.714. The molecule has 2 amide bonds. The van der Waals surface area contributed by atoms with E-state index in [1.165, 1.54) is 19.3 Å². The molecule has 108 valence electrons. The van der Waals surface area contributed by atoms with Gasteiger partial charge >= 0.3 is 6.03 Å². The molecule has 0 aliphatic heterocycles. The second-order valence-corrected chi connectivity index (χ2v) is 5.22. The predicted molar refractivity (Wildman–Crippen MR) is 76.8 cm³/mol. The van der Waals surface area contributed by atoms with Gasteiger partial charge in [-0.25, -0.2) is 4.79 Å². The summed E-state index contributed by atoms with van der Waals surface area (Å²) in [7, 11) is 3.68. The molecule has 0 bridgehead atoms. The van der Waals surface area contributed by atoms with Crippen LogP contribution in [-0.2, 0) is 13.6 Å². The van der Waals surface area contributed by atoms with Crippen molar-refractivity contribution in [2.75, 3.05) is 7.05 Å². The summed E-state index contributed by atoms with van der Waals surface area (Å²) < 4.78 is 1.74. The standard InChI is InChI=1S/C14H26N4O/c1-5-6-7-8-12(2)16-14(19)17(3)10-13-9-15-18(4)11-13/h9,11-12H,5-8,10H2,1-4H3,(H,16,19). The van der Waals surface area contributed by atoms with Crippen LogP contribution in [-0.4, -0.2) is 33.8 Å². The van der Waals surface area contributed by atoms with Gasteiger partial charge in [-0.3, -0.25) is 4.68 Å². The zero-order valence-corrected chi connectivity index (χ0v) is 12.5. The average molecular weight is 266 g/mol. The molecule has 1 N–H and O–H groups in total. The normalized spacial score (nSPS) is 12.2. The van der Waals surface area contributed by atoms with Crippen molar-refractivity contribution in [2.24, 2.45) is 7.05 Å². The third kappa shape index (κ3) is 5.77. The largest absolute Gasteiger partial charge is 0.336 e. The van der Waals surface area contributed by atoms with Crippen LogP contribution in [0.3, 0.4) is 0 Å². The molecular weight excluding hydrogens is 240 g/mol. The number of nitrogens with one attached hydrogen (secondary N) is 1. The predicted octanol–water partition coefficient (Wildman–Crippen LogP) is 2.53. The summed E-state index contributed by atoms with van der Waals surface area (Å²) in [5, 5.41) is 7.12. The molecule has 0 saturated heterocycles. The van der Waals surface area contributed by atoms with Crippen LogP contribution in [0.4, 0.5) is 4.79 Å². The Labute approximate surface area is 116 Å². The highest BCUT2D eigenvalue weighted by molar-refractivity contribution is 5.74. The first kappa shape index (κ1) is 15.5. The maximum Gasteiger partial charge on any atom is 0.317 e. The van der Waals surface area contributed by atoms with Crippen molar-refractivity contribution < 1.29 is 4.79 Å². The minimum atomic E-state index is -0.0205.